The van der Waals surface area contributed by atoms with Crippen LogP contribution in [0.15, 0.2) is 36.5 Å². The van der Waals surface area contributed by atoms with Gasteiger partial charge in [0.2, 0.25) is 0 Å². The van der Waals surface area contributed by atoms with Crippen LogP contribution in [0.1, 0.15) is 15.9 Å². The molecule has 6 heteroatoms. The minimum atomic E-state index is -0.374. The number of pyridine rings is 1. The van der Waals surface area contributed by atoms with Crippen molar-refractivity contribution in [2.45, 2.75) is 0 Å². The van der Waals surface area contributed by atoms with Crippen LogP contribution in [-0.2, 0) is 0 Å². The summed E-state index contributed by atoms with van der Waals surface area (Å²) in [5.41, 5.74) is 0.973. The fourth-order valence-corrected chi connectivity index (χ4v) is 1.90. The van der Waals surface area contributed by atoms with Gasteiger partial charge in [-0.1, -0.05) is 11.8 Å². The molecular formula is C15H11IN2O3. The monoisotopic (exact) mass is 394 g/mol. The number of aliphatic hydroxyl groups excluding tert-OH is 1. The number of phenols is 1. The fraction of sp³-hybridized carbons (Fsp3) is 0.0667. The summed E-state index contributed by atoms with van der Waals surface area (Å²) in [5.74, 6) is 5.28. The molecule has 0 fully saturated rings. The molecule has 1 heterocycles. The summed E-state index contributed by atoms with van der Waals surface area (Å²) in [5, 5.41) is 20.9. The number of nitrogens with one attached hydrogen (secondary N) is 1. The number of benzene rings is 1. The quantitative estimate of drug-likeness (QED) is 0.538. The first-order chi connectivity index (χ1) is 10.1. The van der Waals surface area contributed by atoms with Gasteiger partial charge >= 0.3 is 0 Å². The molecule has 0 radical (unpaired) electrons. The van der Waals surface area contributed by atoms with Gasteiger partial charge in [0.15, 0.2) is 0 Å². The number of carbonyl (C=O) groups is 1. The lowest BCUT2D eigenvalue weighted by molar-refractivity contribution is 0.102. The highest BCUT2D eigenvalue weighted by molar-refractivity contribution is 14.1. The molecule has 0 unspecified atom stereocenters. The van der Waals surface area contributed by atoms with Gasteiger partial charge in [-0.05, 0) is 52.9 Å². The van der Waals surface area contributed by atoms with Crippen LogP contribution in [0, 0.1) is 15.4 Å². The van der Waals surface area contributed by atoms with Gasteiger partial charge in [0.1, 0.15) is 18.2 Å². The zero-order valence-electron chi connectivity index (χ0n) is 10.8. The average molecular weight is 394 g/mol. The molecule has 0 aliphatic heterocycles. The summed E-state index contributed by atoms with van der Waals surface area (Å²) in [7, 11) is 0. The van der Waals surface area contributed by atoms with Gasteiger partial charge in [-0.2, -0.15) is 0 Å². The first-order valence-corrected chi connectivity index (χ1v) is 7.03. The number of aromatic hydroxyl groups is 1. The number of carbonyl (C=O) groups excluding carboxylic acids is 1. The van der Waals surface area contributed by atoms with Crippen LogP contribution in [0.4, 0.5) is 5.82 Å². The fourth-order valence-electron chi connectivity index (χ4n) is 1.56. The lowest BCUT2D eigenvalue weighted by Gasteiger charge is -2.06. The summed E-state index contributed by atoms with van der Waals surface area (Å²) < 4.78 is 0.670. The van der Waals surface area contributed by atoms with Crippen molar-refractivity contribution < 1.29 is 15.0 Å². The molecule has 0 aliphatic rings. The minimum absolute atomic E-state index is 0.0544. The molecule has 1 aromatic heterocycles. The summed E-state index contributed by atoms with van der Waals surface area (Å²) in [6.45, 7) is -0.230. The van der Waals surface area contributed by atoms with Crippen LogP contribution in [0.3, 0.4) is 0 Å². The molecule has 0 aliphatic carbocycles. The molecule has 0 spiro atoms. The average Bonchev–Trinajstić information content (AvgIpc) is 2.48. The largest absolute Gasteiger partial charge is 0.507 e. The van der Waals surface area contributed by atoms with E-state index in [0.717, 1.165) is 0 Å². The number of aromatic nitrogens is 1. The predicted molar refractivity (Wildman–Crippen MR) is 87.0 cm³/mol. The van der Waals surface area contributed by atoms with Crippen molar-refractivity contribution in [1.82, 2.24) is 4.98 Å². The van der Waals surface area contributed by atoms with E-state index in [9.17, 15) is 9.90 Å². The zero-order valence-corrected chi connectivity index (χ0v) is 13.0. The van der Waals surface area contributed by atoms with Crippen molar-refractivity contribution in [3.63, 3.8) is 0 Å². The topological polar surface area (TPSA) is 82.5 Å². The third-order valence-electron chi connectivity index (χ3n) is 2.52. The van der Waals surface area contributed by atoms with Crippen LogP contribution < -0.4 is 5.32 Å². The Hall–Kier alpha value is -2.11. The van der Waals surface area contributed by atoms with Gasteiger partial charge in [-0.25, -0.2) is 4.98 Å². The molecule has 0 saturated carbocycles. The van der Waals surface area contributed by atoms with E-state index in [0.29, 0.717) is 20.5 Å². The van der Waals surface area contributed by atoms with Crippen molar-refractivity contribution in [2.24, 2.45) is 0 Å². The molecular weight excluding hydrogens is 383 g/mol. The number of phenolic OH excluding ortho intramolecular Hbond substituents is 1. The van der Waals surface area contributed by atoms with E-state index in [1.54, 1.807) is 24.3 Å². The number of hydrogen-bond acceptors (Lipinski definition) is 4. The van der Waals surface area contributed by atoms with Crippen LogP contribution in [0.2, 0.25) is 0 Å². The van der Waals surface area contributed by atoms with Gasteiger partial charge in [-0.15, -0.1) is 0 Å². The van der Waals surface area contributed by atoms with Gasteiger partial charge in [0.25, 0.3) is 5.91 Å². The Morgan fingerprint density at radius 3 is 2.86 bits per heavy atom. The normalized spacial score (nSPS) is 9.62. The van der Waals surface area contributed by atoms with Crippen molar-refractivity contribution in [3.05, 3.63) is 51.2 Å². The standard InChI is InChI=1S/C15H11IN2O3/c16-12-4-3-11(9-13(12)20)15(21)18-14-8-10(2-1-7-19)5-6-17-14/h3-6,8-9,19-20H,7H2,(H,17,18,21). The van der Waals surface area contributed by atoms with E-state index in [1.165, 1.54) is 12.3 Å². The molecule has 2 rings (SSSR count). The second kappa shape index (κ2) is 7.06. The van der Waals surface area contributed by atoms with Crippen molar-refractivity contribution in [3.8, 4) is 17.6 Å². The van der Waals surface area contributed by atoms with E-state index >= 15 is 0 Å². The molecule has 0 atom stereocenters. The Morgan fingerprint density at radius 2 is 2.14 bits per heavy atom. The van der Waals surface area contributed by atoms with E-state index in [4.69, 9.17) is 5.11 Å². The molecule has 21 heavy (non-hydrogen) atoms. The van der Waals surface area contributed by atoms with E-state index in [-0.39, 0.29) is 18.3 Å². The molecule has 3 N–H and O–H groups in total. The Kier molecular flexibility index (Phi) is 5.14. The first kappa shape index (κ1) is 15.3. The van der Waals surface area contributed by atoms with Gasteiger partial charge in [-0.3, -0.25) is 4.79 Å². The number of amides is 1. The molecule has 1 amide bonds. The number of anilines is 1. The maximum absolute atomic E-state index is 12.1. The zero-order chi connectivity index (χ0) is 15.2. The molecule has 0 saturated heterocycles. The SMILES string of the molecule is O=C(Nc1cc(C#CCO)ccn1)c1ccc(I)c(O)c1. The van der Waals surface area contributed by atoms with Crippen molar-refractivity contribution >= 4 is 34.3 Å². The van der Waals surface area contributed by atoms with E-state index in [2.05, 4.69) is 22.1 Å². The number of hydrogen-bond donors (Lipinski definition) is 3. The minimum Gasteiger partial charge on any atom is -0.507 e. The molecule has 106 valence electrons. The lowest BCUT2D eigenvalue weighted by Crippen LogP contribution is -2.13. The Morgan fingerprint density at radius 1 is 1.33 bits per heavy atom. The Labute approximate surface area is 135 Å². The lowest BCUT2D eigenvalue weighted by atomic mass is 10.2. The first-order valence-electron chi connectivity index (χ1n) is 5.96. The van der Waals surface area contributed by atoms with Crippen LogP contribution in [-0.4, -0.2) is 27.7 Å². The molecule has 2 aromatic rings. The Balaban J connectivity index is 2.17. The highest BCUT2D eigenvalue weighted by atomic mass is 127. The highest BCUT2D eigenvalue weighted by Gasteiger charge is 2.09. The maximum atomic E-state index is 12.1. The summed E-state index contributed by atoms with van der Waals surface area (Å²) in [4.78, 5) is 16.1. The van der Waals surface area contributed by atoms with E-state index in [1.807, 2.05) is 22.6 Å². The van der Waals surface area contributed by atoms with E-state index < -0.39 is 0 Å². The van der Waals surface area contributed by atoms with Crippen LogP contribution >= 0.6 is 22.6 Å². The third-order valence-corrected chi connectivity index (χ3v) is 3.43. The second-order valence-corrected chi connectivity index (χ2v) is 5.17. The number of aliphatic hydroxyl groups is 1. The summed E-state index contributed by atoms with van der Waals surface area (Å²) >= 11 is 1.98. The van der Waals surface area contributed by atoms with Gasteiger partial charge in [0.05, 0.1) is 3.57 Å². The maximum Gasteiger partial charge on any atom is 0.256 e. The van der Waals surface area contributed by atoms with Gasteiger partial charge < -0.3 is 15.5 Å². The predicted octanol–water partition coefficient (Wildman–Crippen LogP) is 1.99. The Bertz CT molecular complexity index is 735. The van der Waals surface area contributed by atoms with Crippen molar-refractivity contribution in [1.29, 1.82) is 0 Å². The molecule has 1 aromatic carbocycles. The number of halogens is 1. The summed E-state index contributed by atoms with van der Waals surface area (Å²) in [6, 6.07) is 7.95. The number of rotatable bonds is 2. The van der Waals surface area contributed by atoms with Gasteiger partial charge in [0, 0.05) is 17.3 Å². The van der Waals surface area contributed by atoms with Crippen LogP contribution in [0.5, 0.6) is 5.75 Å². The van der Waals surface area contributed by atoms with Crippen molar-refractivity contribution in [2.75, 3.05) is 11.9 Å². The van der Waals surface area contributed by atoms with Crippen LogP contribution in [0.25, 0.3) is 0 Å². The molecule has 5 nitrogen and oxygen atoms in total. The third kappa shape index (κ3) is 4.18. The highest BCUT2D eigenvalue weighted by Crippen LogP contribution is 2.21. The second-order valence-electron chi connectivity index (χ2n) is 4.01. The number of nitrogens with zero attached hydrogens (tertiary/aromatic N) is 1. The smallest absolute Gasteiger partial charge is 0.256 e. The molecule has 0 bridgehead atoms. The summed E-state index contributed by atoms with van der Waals surface area (Å²) in [6.07, 6.45) is 1.52.